The van der Waals surface area contributed by atoms with Gasteiger partial charge in [0.1, 0.15) is 11.1 Å². The Hall–Kier alpha value is -1.36. The van der Waals surface area contributed by atoms with Crippen molar-refractivity contribution in [3.8, 4) is 5.75 Å². The summed E-state index contributed by atoms with van der Waals surface area (Å²) in [6.45, 7) is 0. The van der Waals surface area contributed by atoms with Crippen molar-refractivity contribution in [1.29, 1.82) is 0 Å². The molecule has 1 atom stereocenters. The summed E-state index contributed by atoms with van der Waals surface area (Å²) in [7, 11) is 1.60. The van der Waals surface area contributed by atoms with Crippen molar-refractivity contribution in [2.45, 2.75) is 5.37 Å². The van der Waals surface area contributed by atoms with Gasteiger partial charge < -0.3 is 4.74 Å². The summed E-state index contributed by atoms with van der Waals surface area (Å²) in [5, 5.41) is 0.980. The van der Waals surface area contributed by atoms with Crippen molar-refractivity contribution in [2.24, 2.45) is 0 Å². The lowest BCUT2D eigenvalue weighted by molar-refractivity contribution is -0.115. The Labute approximate surface area is 143 Å². The first kappa shape index (κ1) is 15.5. The second-order valence-electron chi connectivity index (χ2n) is 4.79. The third-order valence-electron chi connectivity index (χ3n) is 3.43. The number of hydrogen-bond acceptors (Lipinski definition) is 3. The van der Waals surface area contributed by atoms with Crippen LogP contribution in [0.2, 0.25) is 10.0 Å². The Morgan fingerprint density at radius 1 is 1.23 bits per heavy atom. The zero-order valence-corrected chi connectivity index (χ0v) is 14.1. The van der Waals surface area contributed by atoms with Gasteiger partial charge >= 0.3 is 0 Å². The van der Waals surface area contributed by atoms with E-state index >= 15 is 0 Å². The molecule has 1 aliphatic rings. The van der Waals surface area contributed by atoms with Gasteiger partial charge in [0, 0.05) is 27.4 Å². The van der Waals surface area contributed by atoms with Crippen LogP contribution in [0.3, 0.4) is 0 Å². The molecule has 2 aromatic carbocycles. The molecular weight excluding hydrogens is 341 g/mol. The molecule has 0 spiro atoms. The molecule has 3 rings (SSSR count). The van der Waals surface area contributed by atoms with Crippen LogP contribution in [-0.4, -0.2) is 18.8 Å². The number of ether oxygens (including phenoxy) is 1. The van der Waals surface area contributed by atoms with Crippen LogP contribution in [0.1, 0.15) is 10.9 Å². The van der Waals surface area contributed by atoms with Gasteiger partial charge in [0.15, 0.2) is 0 Å². The number of carbonyl (C=O) groups excluding carboxylic acids is 1. The third-order valence-corrected chi connectivity index (χ3v) is 5.18. The van der Waals surface area contributed by atoms with Gasteiger partial charge in [0.2, 0.25) is 5.91 Å². The van der Waals surface area contributed by atoms with E-state index in [0.717, 1.165) is 11.3 Å². The van der Waals surface area contributed by atoms with Crippen LogP contribution in [0.15, 0.2) is 42.5 Å². The molecule has 0 bridgehead atoms. The number of amides is 1. The van der Waals surface area contributed by atoms with E-state index in [1.807, 2.05) is 30.3 Å². The van der Waals surface area contributed by atoms with Crippen molar-refractivity contribution in [3.05, 3.63) is 58.1 Å². The maximum Gasteiger partial charge on any atom is 0.238 e. The van der Waals surface area contributed by atoms with Crippen LogP contribution < -0.4 is 9.64 Å². The lowest BCUT2D eigenvalue weighted by Gasteiger charge is -2.25. The Bertz CT molecular complexity index is 723. The SMILES string of the molecule is COc1cccc(N2C(=O)CSC2c2ccc(Cl)cc2Cl)c1. The minimum absolute atomic E-state index is 0.0502. The Morgan fingerprint density at radius 2 is 2.05 bits per heavy atom. The first-order valence-electron chi connectivity index (χ1n) is 6.63. The number of nitrogens with zero attached hydrogens (tertiary/aromatic N) is 1. The predicted molar refractivity (Wildman–Crippen MR) is 92.1 cm³/mol. The van der Waals surface area contributed by atoms with Crippen LogP contribution in [-0.2, 0) is 4.79 Å². The quantitative estimate of drug-likeness (QED) is 0.794. The number of anilines is 1. The lowest BCUT2D eigenvalue weighted by Crippen LogP contribution is -2.27. The van der Waals surface area contributed by atoms with E-state index in [1.54, 1.807) is 35.9 Å². The summed E-state index contributed by atoms with van der Waals surface area (Å²) in [5.41, 5.74) is 1.68. The fourth-order valence-electron chi connectivity index (χ4n) is 2.40. The molecule has 1 fully saturated rings. The third kappa shape index (κ3) is 2.91. The van der Waals surface area contributed by atoms with Gasteiger partial charge in [-0.25, -0.2) is 0 Å². The number of carbonyl (C=O) groups is 1. The van der Waals surface area contributed by atoms with E-state index in [0.29, 0.717) is 21.5 Å². The molecule has 0 radical (unpaired) electrons. The summed E-state index contributed by atoms with van der Waals surface area (Å²) in [5.74, 6) is 1.18. The molecule has 0 aromatic heterocycles. The number of hydrogen-bond donors (Lipinski definition) is 0. The highest BCUT2D eigenvalue weighted by Gasteiger charge is 2.35. The highest BCUT2D eigenvalue weighted by Crippen LogP contribution is 2.44. The Balaban J connectivity index is 2.02. The molecular formula is C16H13Cl2NO2S. The van der Waals surface area contributed by atoms with E-state index in [1.165, 1.54) is 0 Å². The normalized spacial score (nSPS) is 17.9. The van der Waals surface area contributed by atoms with E-state index in [9.17, 15) is 4.79 Å². The first-order valence-corrected chi connectivity index (χ1v) is 8.43. The standard InChI is InChI=1S/C16H13Cl2NO2S/c1-21-12-4-2-3-11(8-12)19-15(20)9-22-16(19)13-6-5-10(17)7-14(13)18/h2-8,16H,9H2,1H3. The minimum Gasteiger partial charge on any atom is -0.497 e. The summed E-state index contributed by atoms with van der Waals surface area (Å²) in [6, 6.07) is 12.8. The predicted octanol–water partition coefficient (Wildman–Crippen LogP) is 4.78. The number of rotatable bonds is 3. The monoisotopic (exact) mass is 353 g/mol. The van der Waals surface area contributed by atoms with Crippen molar-refractivity contribution in [3.63, 3.8) is 0 Å². The van der Waals surface area contributed by atoms with Crippen molar-refractivity contribution >= 4 is 46.6 Å². The maximum atomic E-state index is 12.3. The molecule has 1 saturated heterocycles. The Kier molecular flexibility index (Phi) is 4.52. The number of thioether (sulfide) groups is 1. The molecule has 1 amide bonds. The van der Waals surface area contributed by atoms with Gasteiger partial charge in [-0.1, -0.05) is 35.3 Å². The molecule has 1 aliphatic heterocycles. The van der Waals surface area contributed by atoms with E-state index in [2.05, 4.69) is 0 Å². The van der Waals surface area contributed by atoms with E-state index < -0.39 is 0 Å². The molecule has 114 valence electrons. The molecule has 1 unspecified atom stereocenters. The molecule has 1 heterocycles. The highest BCUT2D eigenvalue weighted by molar-refractivity contribution is 8.00. The first-order chi connectivity index (χ1) is 10.6. The minimum atomic E-state index is -0.163. The number of benzene rings is 2. The second-order valence-corrected chi connectivity index (χ2v) is 6.71. The fourth-order valence-corrected chi connectivity index (χ4v) is 4.18. The largest absolute Gasteiger partial charge is 0.497 e. The highest BCUT2D eigenvalue weighted by atomic mass is 35.5. The number of halogens is 2. The molecule has 6 heteroatoms. The van der Waals surface area contributed by atoms with Crippen LogP contribution in [0, 0.1) is 0 Å². The van der Waals surface area contributed by atoms with E-state index in [-0.39, 0.29) is 11.3 Å². The van der Waals surface area contributed by atoms with Crippen LogP contribution in [0.4, 0.5) is 5.69 Å². The zero-order valence-electron chi connectivity index (χ0n) is 11.8. The van der Waals surface area contributed by atoms with Gasteiger partial charge in [-0.3, -0.25) is 9.69 Å². The summed E-state index contributed by atoms with van der Waals surface area (Å²) in [6.07, 6.45) is 0. The van der Waals surface area contributed by atoms with Crippen LogP contribution in [0.25, 0.3) is 0 Å². The summed E-state index contributed by atoms with van der Waals surface area (Å²) in [4.78, 5) is 14.1. The number of methoxy groups -OCH3 is 1. The molecule has 0 N–H and O–H groups in total. The van der Waals surface area contributed by atoms with Crippen molar-refractivity contribution in [1.82, 2.24) is 0 Å². The molecule has 0 aliphatic carbocycles. The van der Waals surface area contributed by atoms with Gasteiger partial charge in [0.25, 0.3) is 0 Å². The van der Waals surface area contributed by atoms with E-state index in [4.69, 9.17) is 27.9 Å². The van der Waals surface area contributed by atoms with Crippen LogP contribution in [0.5, 0.6) is 5.75 Å². The van der Waals surface area contributed by atoms with Gasteiger partial charge in [-0.15, -0.1) is 11.8 Å². The van der Waals surface area contributed by atoms with Crippen molar-refractivity contribution < 1.29 is 9.53 Å². The second kappa shape index (κ2) is 6.41. The molecule has 22 heavy (non-hydrogen) atoms. The van der Waals surface area contributed by atoms with Gasteiger partial charge in [0.05, 0.1) is 12.9 Å². The average Bonchev–Trinajstić information content (AvgIpc) is 2.89. The molecule has 0 saturated carbocycles. The average molecular weight is 354 g/mol. The molecule has 2 aromatic rings. The van der Waals surface area contributed by atoms with Gasteiger partial charge in [-0.05, 0) is 24.3 Å². The summed E-state index contributed by atoms with van der Waals surface area (Å²) >= 11 is 13.8. The summed E-state index contributed by atoms with van der Waals surface area (Å²) < 4.78 is 5.24. The van der Waals surface area contributed by atoms with Gasteiger partial charge in [-0.2, -0.15) is 0 Å². The van der Waals surface area contributed by atoms with Crippen LogP contribution >= 0.6 is 35.0 Å². The lowest BCUT2D eigenvalue weighted by atomic mass is 10.2. The smallest absolute Gasteiger partial charge is 0.238 e. The zero-order chi connectivity index (χ0) is 15.7. The van der Waals surface area contributed by atoms with Crippen molar-refractivity contribution in [2.75, 3.05) is 17.8 Å². The molecule has 3 nitrogen and oxygen atoms in total. The maximum absolute atomic E-state index is 12.3. The Morgan fingerprint density at radius 3 is 2.77 bits per heavy atom. The fraction of sp³-hybridized carbons (Fsp3) is 0.188. The topological polar surface area (TPSA) is 29.5 Å².